The third-order valence-corrected chi connectivity index (χ3v) is 5.31. The second kappa shape index (κ2) is 6.10. The molecular weight excluding hydrogens is 321 g/mol. The highest BCUT2D eigenvalue weighted by Crippen LogP contribution is 2.41. The lowest BCUT2D eigenvalue weighted by atomic mass is 10.1. The van der Waals surface area contributed by atoms with Gasteiger partial charge in [0.15, 0.2) is 5.78 Å². The van der Waals surface area contributed by atoms with Crippen LogP contribution in [0.5, 0.6) is 0 Å². The summed E-state index contributed by atoms with van der Waals surface area (Å²) in [6.07, 6.45) is 2.44. The van der Waals surface area contributed by atoms with Gasteiger partial charge in [0.25, 0.3) is 0 Å². The summed E-state index contributed by atoms with van der Waals surface area (Å²) < 4.78 is 12.9. The van der Waals surface area contributed by atoms with Crippen molar-refractivity contribution in [2.75, 3.05) is 0 Å². The van der Waals surface area contributed by atoms with E-state index in [1.54, 1.807) is 18.2 Å². The van der Waals surface area contributed by atoms with Crippen molar-refractivity contribution in [2.24, 2.45) is 0 Å². The van der Waals surface area contributed by atoms with E-state index >= 15 is 0 Å². The van der Waals surface area contributed by atoms with Crippen molar-refractivity contribution in [3.63, 3.8) is 0 Å². The van der Waals surface area contributed by atoms with Gasteiger partial charge < -0.3 is 0 Å². The molecule has 1 unspecified atom stereocenters. The van der Waals surface area contributed by atoms with Gasteiger partial charge in [0.1, 0.15) is 21.8 Å². The van der Waals surface area contributed by atoms with Crippen LogP contribution in [0.15, 0.2) is 29.2 Å². The molecule has 1 N–H and O–H groups in total. The number of carbonyl (C=O) groups excluding carboxylic acids is 1. The molecule has 0 aliphatic carbocycles. The molecule has 1 aliphatic rings. The SMILES string of the molecule is CCc1nnc(C2C(=N)SC(=Cc3ccc(F)cc3)C2=O)s1. The van der Waals surface area contributed by atoms with Gasteiger partial charge in [-0.3, -0.25) is 10.2 Å². The number of hydrogen-bond acceptors (Lipinski definition) is 6. The number of nitrogens with zero attached hydrogens (tertiary/aromatic N) is 2. The standard InChI is InChI=1S/C15H12FN3OS2/c1-2-11-18-19-15(22-11)12-13(20)10(21-14(12)17)7-8-3-5-9(16)6-4-8/h3-7,12,17H,2H2,1H3. The molecule has 0 saturated carbocycles. The fraction of sp³-hybridized carbons (Fsp3) is 0.200. The van der Waals surface area contributed by atoms with Crippen LogP contribution in [0.25, 0.3) is 6.08 Å². The lowest BCUT2D eigenvalue weighted by Gasteiger charge is -2.00. The number of benzene rings is 1. The van der Waals surface area contributed by atoms with Crippen LogP contribution >= 0.6 is 23.1 Å². The normalized spacial score (nSPS) is 20.1. The van der Waals surface area contributed by atoms with E-state index in [1.807, 2.05) is 6.92 Å². The Balaban J connectivity index is 1.89. The van der Waals surface area contributed by atoms with Crippen molar-refractivity contribution in [1.82, 2.24) is 10.2 Å². The fourth-order valence-electron chi connectivity index (χ4n) is 2.05. The number of ketones is 1. The molecule has 7 heteroatoms. The highest BCUT2D eigenvalue weighted by atomic mass is 32.2. The number of nitrogens with one attached hydrogen (secondary N) is 1. The van der Waals surface area contributed by atoms with Crippen molar-refractivity contribution < 1.29 is 9.18 Å². The third-order valence-electron chi connectivity index (χ3n) is 3.19. The number of aryl methyl sites for hydroxylation is 1. The monoisotopic (exact) mass is 333 g/mol. The predicted octanol–water partition coefficient (Wildman–Crippen LogP) is 3.66. The van der Waals surface area contributed by atoms with Gasteiger partial charge in [0.2, 0.25) is 0 Å². The predicted molar refractivity (Wildman–Crippen MR) is 86.7 cm³/mol. The van der Waals surface area contributed by atoms with Gasteiger partial charge in [-0.2, -0.15) is 0 Å². The van der Waals surface area contributed by atoms with Crippen molar-refractivity contribution >= 4 is 40.0 Å². The molecule has 22 heavy (non-hydrogen) atoms. The summed E-state index contributed by atoms with van der Waals surface area (Å²) >= 11 is 2.51. The number of hydrogen-bond donors (Lipinski definition) is 1. The first-order chi connectivity index (χ1) is 10.6. The Kier molecular flexibility index (Phi) is 4.17. The van der Waals surface area contributed by atoms with E-state index in [0.717, 1.165) is 28.8 Å². The first-order valence-electron chi connectivity index (χ1n) is 6.68. The van der Waals surface area contributed by atoms with Gasteiger partial charge in [-0.15, -0.1) is 21.5 Å². The molecule has 1 saturated heterocycles. The Morgan fingerprint density at radius 3 is 2.68 bits per heavy atom. The summed E-state index contributed by atoms with van der Waals surface area (Å²) in [6, 6.07) is 5.90. The highest BCUT2D eigenvalue weighted by molar-refractivity contribution is 8.19. The van der Waals surface area contributed by atoms with Gasteiger partial charge in [-0.25, -0.2) is 4.39 Å². The minimum Gasteiger partial charge on any atom is -0.297 e. The van der Waals surface area contributed by atoms with Crippen LogP contribution in [-0.4, -0.2) is 21.0 Å². The molecule has 1 aromatic heterocycles. The third kappa shape index (κ3) is 2.86. The summed E-state index contributed by atoms with van der Waals surface area (Å²) in [5.41, 5.74) is 0.734. The molecule has 1 aliphatic heterocycles. The number of carbonyl (C=O) groups is 1. The second-order valence-corrected chi connectivity index (χ2v) is 6.89. The molecular formula is C15H12FN3OS2. The average Bonchev–Trinajstić information content (AvgIpc) is 3.07. The van der Waals surface area contributed by atoms with E-state index in [4.69, 9.17) is 5.41 Å². The van der Waals surface area contributed by atoms with Gasteiger partial charge in [-0.1, -0.05) is 30.8 Å². The van der Waals surface area contributed by atoms with Gasteiger partial charge in [0, 0.05) is 0 Å². The van der Waals surface area contributed by atoms with Gasteiger partial charge in [0.05, 0.1) is 9.95 Å². The topological polar surface area (TPSA) is 66.7 Å². The number of Topliss-reactive ketones (excluding diaryl/α,β-unsaturated/α-hetero) is 1. The van der Waals surface area contributed by atoms with Crippen molar-refractivity contribution in [2.45, 2.75) is 19.3 Å². The maximum Gasteiger partial charge on any atom is 0.186 e. The van der Waals surface area contributed by atoms with Crippen LogP contribution in [0.1, 0.15) is 28.4 Å². The zero-order valence-corrected chi connectivity index (χ0v) is 13.3. The van der Waals surface area contributed by atoms with Crippen LogP contribution < -0.4 is 0 Å². The van der Waals surface area contributed by atoms with Crippen LogP contribution in [-0.2, 0) is 11.2 Å². The summed E-state index contributed by atoms with van der Waals surface area (Å²) in [5, 5.41) is 17.8. The van der Waals surface area contributed by atoms with E-state index in [9.17, 15) is 9.18 Å². The van der Waals surface area contributed by atoms with Crippen molar-refractivity contribution in [3.8, 4) is 0 Å². The first kappa shape index (κ1) is 15.1. The maximum absolute atomic E-state index is 12.9. The molecule has 4 nitrogen and oxygen atoms in total. The van der Waals surface area contributed by atoms with Crippen LogP contribution in [0, 0.1) is 11.2 Å². The number of allylic oxidation sites excluding steroid dienone is 1. The fourth-order valence-corrected chi connectivity index (χ4v) is 4.00. The van der Waals surface area contributed by atoms with Gasteiger partial charge >= 0.3 is 0 Å². The van der Waals surface area contributed by atoms with Crippen LogP contribution in [0.3, 0.4) is 0 Å². The highest BCUT2D eigenvalue weighted by Gasteiger charge is 2.39. The molecule has 0 radical (unpaired) electrons. The first-order valence-corrected chi connectivity index (χ1v) is 8.32. The molecule has 0 amide bonds. The summed E-state index contributed by atoms with van der Waals surface area (Å²) in [5.74, 6) is -1.10. The Hall–Kier alpha value is -1.86. The van der Waals surface area contributed by atoms with Crippen molar-refractivity contribution in [3.05, 3.63) is 50.6 Å². The summed E-state index contributed by atoms with van der Waals surface area (Å²) in [4.78, 5) is 13.0. The molecule has 1 fully saturated rings. The molecule has 0 spiro atoms. The molecule has 0 bridgehead atoms. The molecule has 2 heterocycles. The van der Waals surface area contributed by atoms with Crippen LogP contribution in [0.4, 0.5) is 4.39 Å². The number of aromatic nitrogens is 2. The van der Waals surface area contributed by atoms with Crippen LogP contribution in [0.2, 0.25) is 0 Å². The Bertz CT molecular complexity index is 767. The minimum absolute atomic E-state index is 0.141. The maximum atomic E-state index is 12.9. The largest absolute Gasteiger partial charge is 0.297 e. The molecule has 3 rings (SSSR count). The zero-order chi connectivity index (χ0) is 15.7. The van der Waals surface area contributed by atoms with E-state index in [1.165, 1.54) is 23.5 Å². The van der Waals surface area contributed by atoms with Gasteiger partial charge in [-0.05, 0) is 30.2 Å². The average molecular weight is 333 g/mol. The smallest absolute Gasteiger partial charge is 0.186 e. The van der Waals surface area contributed by atoms with Crippen molar-refractivity contribution in [1.29, 1.82) is 5.41 Å². The quantitative estimate of drug-likeness (QED) is 0.871. The van der Waals surface area contributed by atoms with E-state index in [2.05, 4.69) is 10.2 Å². The molecule has 2 aromatic rings. The van der Waals surface area contributed by atoms with E-state index in [-0.39, 0.29) is 16.6 Å². The zero-order valence-electron chi connectivity index (χ0n) is 11.7. The molecule has 1 aromatic carbocycles. The number of halogens is 1. The molecule has 1 atom stereocenters. The summed E-state index contributed by atoms with van der Waals surface area (Å²) in [7, 11) is 0. The van der Waals surface area contributed by atoms with E-state index in [0.29, 0.717) is 9.91 Å². The Morgan fingerprint density at radius 2 is 2.05 bits per heavy atom. The number of thioether (sulfide) groups is 1. The lowest BCUT2D eigenvalue weighted by molar-refractivity contribution is -0.114. The minimum atomic E-state index is -0.644. The Morgan fingerprint density at radius 1 is 1.32 bits per heavy atom. The second-order valence-electron chi connectivity index (χ2n) is 4.71. The summed E-state index contributed by atoms with van der Waals surface area (Å²) in [6.45, 7) is 1.97. The molecule has 112 valence electrons. The number of rotatable bonds is 3. The van der Waals surface area contributed by atoms with E-state index < -0.39 is 5.92 Å². The Labute approximate surface area is 135 Å². The lowest BCUT2D eigenvalue weighted by Crippen LogP contribution is -2.11.